The van der Waals surface area contributed by atoms with Gasteiger partial charge < -0.3 is 5.32 Å². The molecule has 1 unspecified atom stereocenters. The van der Waals surface area contributed by atoms with Gasteiger partial charge in [-0.05, 0) is 30.7 Å². The van der Waals surface area contributed by atoms with Crippen LogP contribution in [0.15, 0.2) is 24.3 Å². The first-order chi connectivity index (χ1) is 8.70. The topological polar surface area (TPSA) is 83.6 Å². The summed E-state index contributed by atoms with van der Waals surface area (Å²) in [5.74, 6) is 0.392. The maximum absolute atomic E-state index is 12.0. The van der Waals surface area contributed by atoms with Crippen LogP contribution >= 0.6 is 0 Å². The van der Waals surface area contributed by atoms with Crippen LogP contribution in [0.5, 0.6) is 0 Å². The monoisotopic (exact) mass is 245 g/mol. The maximum atomic E-state index is 12.0. The molecule has 0 aliphatic rings. The van der Waals surface area contributed by atoms with E-state index in [-0.39, 0.29) is 11.9 Å². The lowest BCUT2D eigenvalue weighted by Crippen LogP contribution is -2.31. The van der Waals surface area contributed by atoms with Crippen LogP contribution in [0.3, 0.4) is 0 Å². The summed E-state index contributed by atoms with van der Waals surface area (Å²) in [5, 5.41) is 16.6. The molecule has 18 heavy (non-hydrogen) atoms. The second-order valence-corrected chi connectivity index (χ2v) is 4.10. The van der Waals surface area contributed by atoms with Gasteiger partial charge in [0.15, 0.2) is 0 Å². The molecule has 0 aliphatic carbocycles. The van der Waals surface area contributed by atoms with Gasteiger partial charge in [-0.3, -0.25) is 4.79 Å². The number of benzene rings is 1. The highest BCUT2D eigenvalue weighted by Gasteiger charge is 2.10. The fraction of sp³-hybridized carbons (Fsp3) is 0.333. The van der Waals surface area contributed by atoms with E-state index >= 15 is 0 Å². The summed E-state index contributed by atoms with van der Waals surface area (Å²) in [6.45, 7) is 4.00. The van der Waals surface area contributed by atoms with E-state index < -0.39 is 0 Å². The number of aromatic nitrogens is 4. The van der Waals surface area contributed by atoms with Crippen molar-refractivity contribution < 1.29 is 4.79 Å². The summed E-state index contributed by atoms with van der Waals surface area (Å²) in [6.07, 6.45) is 0.899. The number of tetrazole rings is 1. The zero-order valence-electron chi connectivity index (χ0n) is 10.3. The molecule has 1 atom stereocenters. The Hall–Kier alpha value is -2.24. The van der Waals surface area contributed by atoms with E-state index in [9.17, 15) is 4.79 Å². The van der Waals surface area contributed by atoms with Crippen LogP contribution in [-0.2, 0) is 0 Å². The number of nitrogens with one attached hydrogen (secondary N) is 2. The van der Waals surface area contributed by atoms with Gasteiger partial charge in [-0.2, -0.15) is 5.21 Å². The molecule has 1 amide bonds. The Labute approximate surface area is 105 Å². The van der Waals surface area contributed by atoms with Crippen molar-refractivity contribution in [1.29, 1.82) is 0 Å². The molecule has 1 heterocycles. The average Bonchev–Trinajstić information content (AvgIpc) is 2.92. The van der Waals surface area contributed by atoms with Crippen molar-refractivity contribution in [2.45, 2.75) is 26.3 Å². The van der Waals surface area contributed by atoms with Gasteiger partial charge in [0.1, 0.15) is 0 Å². The van der Waals surface area contributed by atoms with Gasteiger partial charge >= 0.3 is 0 Å². The molecule has 2 aromatic rings. The van der Waals surface area contributed by atoms with Crippen molar-refractivity contribution in [1.82, 2.24) is 25.9 Å². The summed E-state index contributed by atoms with van der Waals surface area (Å²) in [7, 11) is 0. The van der Waals surface area contributed by atoms with Gasteiger partial charge in [0, 0.05) is 17.2 Å². The fourth-order valence-corrected chi connectivity index (χ4v) is 1.49. The van der Waals surface area contributed by atoms with E-state index in [1.54, 1.807) is 18.2 Å². The van der Waals surface area contributed by atoms with Crippen LogP contribution in [0.25, 0.3) is 11.4 Å². The number of aromatic amines is 1. The van der Waals surface area contributed by atoms with E-state index in [0.717, 1.165) is 12.0 Å². The van der Waals surface area contributed by atoms with Crippen LogP contribution in [-0.4, -0.2) is 32.6 Å². The van der Waals surface area contributed by atoms with E-state index in [1.807, 2.05) is 19.9 Å². The minimum atomic E-state index is -0.0882. The van der Waals surface area contributed by atoms with Gasteiger partial charge in [0.05, 0.1) is 0 Å². The molecule has 0 aliphatic heterocycles. The Balaban J connectivity index is 2.20. The normalized spacial score (nSPS) is 12.1. The Morgan fingerprint density at radius 1 is 1.50 bits per heavy atom. The average molecular weight is 245 g/mol. The van der Waals surface area contributed by atoms with Crippen molar-refractivity contribution >= 4 is 5.91 Å². The van der Waals surface area contributed by atoms with Gasteiger partial charge in [0.2, 0.25) is 5.82 Å². The van der Waals surface area contributed by atoms with Crippen molar-refractivity contribution in [3.8, 4) is 11.4 Å². The Bertz CT molecular complexity index is 523. The molecule has 2 N–H and O–H groups in total. The number of H-pyrrole nitrogens is 1. The van der Waals surface area contributed by atoms with E-state index in [4.69, 9.17) is 0 Å². The van der Waals surface area contributed by atoms with E-state index in [2.05, 4.69) is 25.9 Å². The third kappa shape index (κ3) is 2.71. The van der Waals surface area contributed by atoms with Crippen LogP contribution in [0.4, 0.5) is 0 Å². The molecule has 0 bridgehead atoms. The number of hydrogen-bond acceptors (Lipinski definition) is 4. The molecule has 6 heteroatoms. The Morgan fingerprint density at radius 3 is 3.00 bits per heavy atom. The highest BCUT2D eigenvalue weighted by atomic mass is 16.1. The molecular formula is C12H15N5O. The molecule has 1 aromatic carbocycles. The van der Waals surface area contributed by atoms with Crippen LogP contribution in [0.1, 0.15) is 30.6 Å². The first-order valence-electron chi connectivity index (χ1n) is 5.85. The summed E-state index contributed by atoms with van der Waals surface area (Å²) in [5.41, 5.74) is 1.36. The highest BCUT2D eigenvalue weighted by molar-refractivity contribution is 5.95. The molecule has 0 fully saturated rings. The largest absolute Gasteiger partial charge is 0.350 e. The Kier molecular flexibility index (Phi) is 3.66. The quantitative estimate of drug-likeness (QED) is 0.852. The smallest absolute Gasteiger partial charge is 0.251 e. The van der Waals surface area contributed by atoms with Gasteiger partial charge in [-0.25, -0.2) is 0 Å². The van der Waals surface area contributed by atoms with Gasteiger partial charge in [-0.15, -0.1) is 10.2 Å². The minimum Gasteiger partial charge on any atom is -0.350 e. The van der Waals surface area contributed by atoms with Crippen LogP contribution in [0.2, 0.25) is 0 Å². The molecular weight excluding hydrogens is 230 g/mol. The maximum Gasteiger partial charge on any atom is 0.251 e. The lowest BCUT2D eigenvalue weighted by molar-refractivity contribution is 0.0939. The zero-order valence-corrected chi connectivity index (χ0v) is 10.3. The number of rotatable bonds is 4. The van der Waals surface area contributed by atoms with Crippen LogP contribution < -0.4 is 5.32 Å². The van der Waals surface area contributed by atoms with Crippen molar-refractivity contribution in [2.24, 2.45) is 0 Å². The summed E-state index contributed by atoms with van der Waals surface area (Å²) in [6, 6.07) is 7.32. The van der Waals surface area contributed by atoms with Crippen molar-refractivity contribution in [3.63, 3.8) is 0 Å². The molecule has 0 saturated heterocycles. The number of carbonyl (C=O) groups is 1. The molecule has 6 nitrogen and oxygen atoms in total. The first kappa shape index (κ1) is 12.2. The summed E-state index contributed by atoms with van der Waals surface area (Å²) < 4.78 is 0. The molecule has 0 spiro atoms. The SMILES string of the molecule is CCC(C)NC(=O)c1cccc(-c2nn[nH]n2)c1. The number of amides is 1. The number of carbonyl (C=O) groups excluding carboxylic acids is 1. The second-order valence-electron chi connectivity index (χ2n) is 4.10. The van der Waals surface area contributed by atoms with E-state index in [0.29, 0.717) is 11.4 Å². The third-order valence-electron chi connectivity index (χ3n) is 2.72. The van der Waals surface area contributed by atoms with Gasteiger partial charge in [-0.1, -0.05) is 19.1 Å². The van der Waals surface area contributed by atoms with Gasteiger partial charge in [0.25, 0.3) is 5.91 Å². The summed E-state index contributed by atoms with van der Waals surface area (Å²) in [4.78, 5) is 12.0. The molecule has 0 radical (unpaired) electrons. The first-order valence-corrected chi connectivity index (χ1v) is 5.85. The number of nitrogens with zero attached hydrogens (tertiary/aromatic N) is 3. The summed E-state index contributed by atoms with van der Waals surface area (Å²) >= 11 is 0. The predicted molar refractivity (Wildman–Crippen MR) is 66.8 cm³/mol. The highest BCUT2D eigenvalue weighted by Crippen LogP contribution is 2.15. The van der Waals surface area contributed by atoms with Crippen molar-refractivity contribution in [2.75, 3.05) is 0 Å². The van der Waals surface area contributed by atoms with Crippen molar-refractivity contribution in [3.05, 3.63) is 29.8 Å². The number of hydrogen-bond donors (Lipinski definition) is 2. The lowest BCUT2D eigenvalue weighted by atomic mass is 10.1. The lowest BCUT2D eigenvalue weighted by Gasteiger charge is -2.11. The van der Waals surface area contributed by atoms with Crippen LogP contribution in [0, 0.1) is 0 Å². The third-order valence-corrected chi connectivity index (χ3v) is 2.72. The second kappa shape index (κ2) is 5.39. The molecule has 2 rings (SSSR count). The molecule has 94 valence electrons. The zero-order chi connectivity index (χ0) is 13.0. The predicted octanol–water partition coefficient (Wildman–Crippen LogP) is 1.40. The van der Waals surface area contributed by atoms with E-state index in [1.165, 1.54) is 0 Å². The molecule has 0 saturated carbocycles. The Morgan fingerprint density at radius 2 is 2.33 bits per heavy atom. The minimum absolute atomic E-state index is 0.0882. The fourth-order valence-electron chi connectivity index (χ4n) is 1.49. The standard InChI is InChI=1S/C12H15N5O/c1-3-8(2)13-12(18)10-6-4-5-9(7-10)11-14-16-17-15-11/h4-8H,3H2,1-2H3,(H,13,18)(H,14,15,16,17). The molecule has 1 aromatic heterocycles.